The van der Waals surface area contributed by atoms with E-state index in [-0.39, 0.29) is 11.0 Å². The highest BCUT2D eigenvalue weighted by Gasteiger charge is 2.47. The summed E-state index contributed by atoms with van der Waals surface area (Å²) in [6.07, 6.45) is 0. The van der Waals surface area contributed by atoms with Crippen molar-refractivity contribution in [2.24, 2.45) is 0 Å². The second-order valence-corrected chi connectivity index (χ2v) is 13.0. The van der Waals surface area contributed by atoms with Crippen LogP contribution in [-0.4, -0.2) is 8.07 Å². The van der Waals surface area contributed by atoms with Crippen molar-refractivity contribution in [3.05, 3.63) is 96.1 Å². The molecule has 1 atom stereocenters. The van der Waals surface area contributed by atoms with Gasteiger partial charge in [-0.05, 0) is 34.8 Å². The lowest BCUT2D eigenvalue weighted by molar-refractivity contribution is 0.740. The summed E-state index contributed by atoms with van der Waals surface area (Å²) in [6.45, 7) is 11.4. The van der Waals surface area contributed by atoms with Gasteiger partial charge in [0.25, 0.3) is 0 Å². The van der Waals surface area contributed by atoms with Gasteiger partial charge in [0.05, 0.1) is 0 Å². The van der Waals surface area contributed by atoms with E-state index < -0.39 is 8.07 Å². The summed E-state index contributed by atoms with van der Waals surface area (Å²) < 4.78 is 0. The molecule has 1 heteroatoms. The first-order chi connectivity index (χ1) is 13.3. The minimum atomic E-state index is -2.32. The molecule has 0 aliphatic rings. The topological polar surface area (TPSA) is 0 Å². The van der Waals surface area contributed by atoms with Crippen LogP contribution in [0.2, 0.25) is 5.04 Å². The molecule has 0 aliphatic carbocycles. The highest BCUT2D eigenvalue weighted by molar-refractivity contribution is 7.10. The molecule has 0 saturated carbocycles. The molecule has 0 amide bonds. The predicted molar refractivity (Wildman–Crippen MR) is 125 cm³/mol. The number of rotatable bonds is 3. The van der Waals surface area contributed by atoms with Crippen molar-refractivity contribution in [2.75, 3.05) is 0 Å². The van der Waals surface area contributed by atoms with Crippen LogP contribution in [0.25, 0.3) is 0 Å². The highest BCUT2D eigenvalue weighted by atomic mass is 28.3. The molecule has 0 N–H and O–H groups in total. The molecule has 0 fully saturated rings. The van der Waals surface area contributed by atoms with Crippen molar-refractivity contribution in [1.82, 2.24) is 0 Å². The van der Waals surface area contributed by atoms with Crippen molar-refractivity contribution in [3.63, 3.8) is 0 Å². The lowest BCUT2D eigenvalue weighted by Gasteiger charge is -2.39. The molecule has 3 rings (SSSR count). The first-order valence-electron chi connectivity index (χ1n) is 10.0. The van der Waals surface area contributed by atoms with Crippen LogP contribution in [-0.2, 0) is 0 Å². The van der Waals surface area contributed by atoms with Crippen LogP contribution in [0.5, 0.6) is 0 Å². The molecule has 0 aromatic heterocycles. The maximum absolute atomic E-state index is 3.91. The molecular weight excluding hydrogens is 352 g/mol. The van der Waals surface area contributed by atoms with Gasteiger partial charge in [-0.3, -0.25) is 0 Å². The Bertz CT molecular complexity index is 930. The third-order valence-electron chi connectivity index (χ3n) is 5.56. The molecule has 0 heterocycles. The minimum Gasteiger partial charge on any atom is -0.119 e. The average Bonchev–Trinajstić information content (AvgIpc) is 2.69. The smallest absolute Gasteiger partial charge is 0.119 e. The van der Waals surface area contributed by atoms with Crippen molar-refractivity contribution < 1.29 is 0 Å². The molecule has 0 bridgehead atoms. The molecule has 28 heavy (non-hydrogen) atoms. The Morgan fingerprint density at radius 2 is 1.29 bits per heavy atom. The van der Waals surface area contributed by atoms with Crippen molar-refractivity contribution in [3.8, 4) is 11.5 Å². The number of aryl methyl sites for hydroxylation is 1. The molecule has 0 saturated heterocycles. The minimum absolute atomic E-state index is 0.0645. The Hall–Kier alpha value is -2.56. The Morgan fingerprint density at radius 1 is 0.750 bits per heavy atom. The van der Waals surface area contributed by atoms with E-state index in [2.05, 4.69) is 131 Å². The fourth-order valence-corrected chi connectivity index (χ4v) is 8.53. The largest absolute Gasteiger partial charge is 0.204 e. The monoisotopic (exact) mass is 382 g/mol. The standard InChI is InChI=1S/C27H30Si/c1-22-13-12-14-24(21-22)23(2)19-20-28(27(3,4)5,25-15-8-6-9-16-25)26-17-10-7-11-18-26/h6-18,21,23H,1-5H3/t23-/m1/s1. The molecular formula is C27H30Si. The van der Waals surface area contributed by atoms with E-state index in [1.165, 1.54) is 21.5 Å². The molecule has 0 radical (unpaired) electrons. The lowest BCUT2D eigenvalue weighted by atomic mass is 10.0. The van der Waals surface area contributed by atoms with E-state index in [4.69, 9.17) is 0 Å². The van der Waals surface area contributed by atoms with Crippen molar-refractivity contribution in [2.45, 2.75) is 45.6 Å². The predicted octanol–water partition coefficient (Wildman–Crippen LogP) is 5.70. The van der Waals surface area contributed by atoms with Gasteiger partial charge in [0, 0.05) is 5.92 Å². The van der Waals surface area contributed by atoms with Gasteiger partial charge in [0.15, 0.2) is 0 Å². The highest BCUT2D eigenvalue weighted by Crippen LogP contribution is 2.35. The Balaban J connectivity index is 2.20. The summed E-state index contributed by atoms with van der Waals surface area (Å²) in [6, 6.07) is 30.6. The van der Waals surface area contributed by atoms with Crippen LogP contribution in [0.4, 0.5) is 0 Å². The summed E-state index contributed by atoms with van der Waals surface area (Å²) in [7, 11) is -2.32. The van der Waals surface area contributed by atoms with Gasteiger partial charge in [-0.1, -0.05) is 111 Å². The summed E-state index contributed by atoms with van der Waals surface area (Å²) >= 11 is 0. The zero-order valence-corrected chi connectivity index (χ0v) is 18.7. The van der Waals surface area contributed by atoms with Crippen LogP contribution in [0.1, 0.15) is 44.7 Å². The van der Waals surface area contributed by atoms with E-state index in [0.717, 1.165) is 0 Å². The Morgan fingerprint density at radius 3 is 1.75 bits per heavy atom. The van der Waals surface area contributed by atoms with E-state index in [9.17, 15) is 0 Å². The second-order valence-electron chi connectivity index (χ2n) is 8.64. The zero-order chi connectivity index (χ0) is 20.2. The lowest BCUT2D eigenvalue weighted by Crippen LogP contribution is -2.63. The number of benzene rings is 3. The first-order valence-corrected chi connectivity index (χ1v) is 12.0. The maximum Gasteiger partial charge on any atom is 0.204 e. The van der Waals surface area contributed by atoms with Gasteiger partial charge in [-0.2, -0.15) is 0 Å². The van der Waals surface area contributed by atoms with Crippen LogP contribution in [0, 0.1) is 18.4 Å². The van der Waals surface area contributed by atoms with Crippen LogP contribution in [0.15, 0.2) is 84.9 Å². The van der Waals surface area contributed by atoms with Gasteiger partial charge in [-0.25, -0.2) is 0 Å². The fraction of sp³-hybridized carbons (Fsp3) is 0.259. The SMILES string of the molecule is Cc1cccc([C@H](C)C#C[Si](c2ccccc2)(c2ccccc2)C(C)(C)C)c1. The summed E-state index contributed by atoms with van der Waals surface area (Å²) in [5.41, 5.74) is 6.50. The zero-order valence-electron chi connectivity index (χ0n) is 17.7. The van der Waals surface area contributed by atoms with Crippen molar-refractivity contribution in [1.29, 1.82) is 0 Å². The van der Waals surface area contributed by atoms with Gasteiger partial charge < -0.3 is 0 Å². The first kappa shape index (κ1) is 20.2. The molecule has 0 spiro atoms. The van der Waals surface area contributed by atoms with Gasteiger partial charge in [0.1, 0.15) is 0 Å². The third kappa shape index (κ3) is 3.98. The molecule has 0 nitrogen and oxygen atoms in total. The summed E-state index contributed by atoms with van der Waals surface area (Å²) in [5.74, 6) is 3.89. The van der Waals surface area contributed by atoms with Gasteiger partial charge in [-0.15, -0.1) is 11.5 Å². The summed E-state index contributed by atoms with van der Waals surface area (Å²) in [4.78, 5) is 0. The Labute approximate surface area is 171 Å². The van der Waals surface area contributed by atoms with Gasteiger partial charge >= 0.3 is 0 Å². The van der Waals surface area contributed by atoms with E-state index in [0.29, 0.717) is 0 Å². The van der Waals surface area contributed by atoms with Crippen molar-refractivity contribution >= 4 is 18.4 Å². The fourth-order valence-electron chi connectivity index (χ4n) is 3.98. The normalized spacial score (nSPS) is 12.8. The van der Waals surface area contributed by atoms with Crippen LogP contribution in [0.3, 0.4) is 0 Å². The Kier molecular flexibility index (Phi) is 5.92. The maximum atomic E-state index is 3.91. The quantitative estimate of drug-likeness (QED) is 0.402. The van der Waals surface area contributed by atoms with Gasteiger partial charge in [0.2, 0.25) is 8.07 Å². The molecule has 3 aromatic carbocycles. The van der Waals surface area contributed by atoms with Crippen LogP contribution < -0.4 is 10.4 Å². The molecule has 0 unspecified atom stereocenters. The summed E-state index contributed by atoms with van der Waals surface area (Å²) in [5, 5.41) is 2.84. The average molecular weight is 383 g/mol. The molecule has 3 aromatic rings. The third-order valence-corrected chi connectivity index (χ3v) is 10.7. The molecule has 0 aliphatic heterocycles. The van der Waals surface area contributed by atoms with Crippen LogP contribution >= 0.6 is 0 Å². The molecule has 142 valence electrons. The van der Waals surface area contributed by atoms with E-state index in [1.807, 2.05) is 0 Å². The second kappa shape index (κ2) is 8.21. The number of hydrogen-bond donors (Lipinski definition) is 0. The number of hydrogen-bond acceptors (Lipinski definition) is 0. The van der Waals surface area contributed by atoms with E-state index in [1.54, 1.807) is 0 Å². The van der Waals surface area contributed by atoms with E-state index >= 15 is 0 Å².